The lowest BCUT2D eigenvalue weighted by Gasteiger charge is -2.44. The number of rotatable bonds is 0. The number of nitrogens with zero attached hydrogens (tertiary/aromatic N) is 1. The summed E-state index contributed by atoms with van der Waals surface area (Å²) in [7, 11) is 0. The number of hydroxylamine groups is 3. The van der Waals surface area contributed by atoms with E-state index in [4.69, 9.17) is 0 Å². The summed E-state index contributed by atoms with van der Waals surface area (Å²) in [4.78, 5) is 0. The van der Waals surface area contributed by atoms with E-state index in [1.807, 2.05) is 0 Å². The maximum Gasteiger partial charge on any atom is 0.0896 e. The van der Waals surface area contributed by atoms with Gasteiger partial charge >= 0.3 is 0 Å². The van der Waals surface area contributed by atoms with Gasteiger partial charge in [-0.2, -0.15) is 0 Å². The average molecular weight is 153 g/mol. The van der Waals surface area contributed by atoms with E-state index in [1.165, 1.54) is 38.5 Å². The van der Waals surface area contributed by atoms with E-state index in [0.29, 0.717) is 18.1 Å². The van der Waals surface area contributed by atoms with Crippen molar-refractivity contribution in [2.24, 2.45) is 0 Å². The molecule has 3 aliphatic heterocycles. The van der Waals surface area contributed by atoms with Crippen LogP contribution >= 0.6 is 0 Å². The molecule has 11 heavy (non-hydrogen) atoms. The highest BCUT2D eigenvalue weighted by Gasteiger charge is 2.55. The normalized spacial score (nSPS) is 60.3. The van der Waals surface area contributed by atoms with Gasteiger partial charge in [0.15, 0.2) is 0 Å². The molecule has 2 nitrogen and oxygen atoms in total. The quantitative estimate of drug-likeness (QED) is 0.384. The van der Waals surface area contributed by atoms with Crippen LogP contribution in [0.3, 0.4) is 0 Å². The minimum absolute atomic E-state index is 0.250. The van der Waals surface area contributed by atoms with Crippen LogP contribution in [-0.4, -0.2) is 22.8 Å². The molecule has 0 aromatic heterocycles. The summed E-state index contributed by atoms with van der Waals surface area (Å²) in [5.41, 5.74) is 0. The van der Waals surface area contributed by atoms with Crippen LogP contribution in [0.4, 0.5) is 0 Å². The highest BCUT2D eigenvalue weighted by molar-refractivity contribution is 4.91. The summed E-state index contributed by atoms with van der Waals surface area (Å²) in [5, 5.41) is 12.3. The fourth-order valence-electron chi connectivity index (χ4n) is 3.69. The molecular formula is C9H15NO. The molecule has 0 saturated carbocycles. The molecule has 0 spiro atoms. The molecule has 0 atom stereocenters. The molecule has 62 valence electrons. The van der Waals surface area contributed by atoms with Crippen LogP contribution in [0.2, 0.25) is 0 Å². The Morgan fingerprint density at radius 2 is 1.00 bits per heavy atom. The lowest BCUT2D eigenvalue weighted by atomic mass is 10.1. The predicted octanol–water partition coefficient (Wildman–Crippen LogP) is 1.79. The van der Waals surface area contributed by atoms with E-state index in [0.717, 1.165) is 0 Å². The smallest absolute Gasteiger partial charge is 0.0896 e. The summed E-state index contributed by atoms with van der Waals surface area (Å²) >= 11 is 0. The van der Waals surface area contributed by atoms with Gasteiger partial charge in [0.05, 0.1) is 18.1 Å². The molecule has 0 unspecified atom stereocenters. The second kappa shape index (κ2) is 1.80. The minimum atomic E-state index is 0.250. The third kappa shape index (κ3) is 0.574. The van der Waals surface area contributed by atoms with Gasteiger partial charge in [-0.1, -0.05) is 0 Å². The fraction of sp³-hybridized carbons (Fsp3) is 1.00. The lowest BCUT2D eigenvalue weighted by molar-refractivity contribution is -0.912. The Labute approximate surface area is 67.4 Å². The van der Waals surface area contributed by atoms with Crippen LogP contribution in [0, 0.1) is 5.21 Å². The zero-order valence-corrected chi connectivity index (χ0v) is 6.83. The van der Waals surface area contributed by atoms with Gasteiger partial charge in [0.1, 0.15) is 0 Å². The largest absolute Gasteiger partial charge is 0.632 e. The van der Waals surface area contributed by atoms with Crippen LogP contribution < -0.4 is 0 Å². The van der Waals surface area contributed by atoms with Crippen LogP contribution in [0.25, 0.3) is 0 Å². The summed E-state index contributed by atoms with van der Waals surface area (Å²) in [6.07, 6.45) is 7.36. The van der Waals surface area contributed by atoms with E-state index in [1.54, 1.807) is 0 Å². The first-order valence-electron chi connectivity index (χ1n) is 4.91. The molecule has 3 saturated heterocycles. The van der Waals surface area contributed by atoms with Crippen LogP contribution in [0.1, 0.15) is 38.5 Å². The second-order valence-corrected chi connectivity index (χ2v) is 4.46. The summed E-state index contributed by atoms with van der Waals surface area (Å²) in [5.74, 6) is 0. The Morgan fingerprint density at radius 3 is 1.27 bits per heavy atom. The van der Waals surface area contributed by atoms with Crippen molar-refractivity contribution < 1.29 is 4.65 Å². The summed E-state index contributed by atoms with van der Waals surface area (Å²) < 4.78 is 0.250. The molecule has 3 heterocycles. The van der Waals surface area contributed by atoms with Gasteiger partial charge in [0.2, 0.25) is 0 Å². The lowest BCUT2D eigenvalue weighted by Crippen LogP contribution is -2.48. The molecule has 3 fully saturated rings. The number of hydrogen-bond donors (Lipinski definition) is 0. The van der Waals surface area contributed by atoms with Gasteiger partial charge in [-0.3, -0.25) is 0 Å². The molecule has 3 aliphatic rings. The average Bonchev–Trinajstić information content (AvgIpc) is 2.53. The van der Waals surface area contributed by atoms with E-state index in [2.05, 4.69) is 0 Å². The maximum atomic E-state index is 12.3. The molecule has 0 aromatic rings. The van der Waals surface area contributed by atoms with Gasteiger partial charge < -0.3 is 9.85 Å². The molecule has 0 amide bonds. The second-order valence-electron chi connectivity index (χ2n) is 4.46. The molecule has 0 aromatic carbocycles. The zero-order valence-electron chi connectivity index (χ0n) is 6.83. The summed E-state index contributed by atoms with van der Waals surface area (Å²) in [6.45, 7) is 0. The molecular weight excluding hydrogens is 138 g/mol. The maximum absolute atomic E-state index is 12.3. The van der Waals surface area contributed by atoms with Crippen molar-refractivity contribution >= 4 is 0 Å². The SMILES string of the molecule is [O-][N+]12C3CCC1CCC2CC3. The first-order valence-corrected chi connectivity index (χ1v) is 4.91. The highest BCUT2D eigenvalue weighted by atomic mass is 16.6. The molecule has 3 rings (SSSR count). The van der Waals surface area contributed by atoms with Crippen molar-refractivity contribution in [2.75, 3.05) is 0 Å². The molecule has 0 aliphatic carbocycles. The Kier molecular flexibility index (Phi) is 1.06. The first-order chi connectivity index (χ1) is 5.32. The van der Waals surface area contributed by atoms with E-state index < -0.39 is 0 Å². The van der Waals surface area contributed by atoms with Crippen LogP contribution in [0.5, 0.6) is 0 Å². The van der Waals surface area contributed by atoms with Crippen molar-refractivity contribution in [1.82, 2.24) is 0 Å². The van der Waals surface area contributed by atoms with Crippen molar-refractivity contribution in [3.8, 4) is 0 Å². The van der Waals surface area contributed by atoms with Crippen LogP contribution in [0.15, 0.2) is 0 Å². The predicted molar refractivity (Wildman–Crippen MR) is 42.7 cm³/mol. The minimum Gasteiger partial charge on any atom is -0.632 e. The molecule has 0 bridgehead atoms. The van der Waals surface area contributed by atoms with Crippen molar-refractivity contribution in [2.45, 2.75) is 56.7 Å². The molecule has 0 N–H and O–H groups in total. The van der Waals surface area contributed by atoms with Gasteiger partial charge in [0, 0.05) is 38.5 Å². The van der Waals surface area contributed by atoms with Gasteiger partial charge in [-0.15, -0.1) is 0 Å². The van der Waals surface area contributed by atoms with Crippen molar-refractivity contribution in [3.05, 3.63) is 5.21 Å². The Hall–Kier alpha value is -0.0800. The number of hydrogen-bond acceptors (Lipinski definition) is 1. The first kappa shape index (κ1) is 6.44. The monoisotopic (exact) mass is 153 g/mol. The Bertz CT molecular complexity index is 149. The highest BCUT2D eigenvalue weighted by Crippen LogP contribution is 2.51. The summed E-state index contributed by atoms with van der Waals surface area (Å²) in [6, 6.07) is 1.56. The molecule has 0 radical (unpaired) electrons. The van der Waals surface area contributed by atoms with Crippen molar-refractivity contribution in [3.63, 3.8) is 0 Å². The van der Waals surface area contributed by atoms with Gasteiger partial charge in [-0.05, 0) is 0 Å². The number of quaternary nitrogens is 1. The van der Waals surface area contributed by atoms with Gasteiger partial charge in [0.25, 0.3) is 0 Å². The van der Waals surface area contributed by atoms with Crippen molar-refractivity contribution in [1.29, 1.82) is 0 Å². The van der Waals surface area contributed by atoms with E-state index >= 15 is 0 Å². The third-order valence-electron chi connectivity index (χ3n) is 4.21. The fourth-order valence-corrected chi connectivity index (χ4v) is 3.69. The topological polar surface area (TPSA) is 23.1 Å². The van der Waals surface area contributed by atoms with E-state index in [9.17, 15) is 5.21 Å². The standard InChI is InChI=1S/C9H15NO/c11-10-7-1-2-8(10)5-6-9(10)4-3-7/h7-9H,1-6H2. The zero-order chi connectivity index (χ0) is 7.47. The Morgan fingerprint density at radius 1 is 0.727 bits per heavy atom. The van der Waals surface area contributed by atoms with E-state index in [-0.39, 0.29) is 4.65 Å². The molecule has 2 heteroatoms. The van der Waals surface area contributed by atoms with Crippen LogP contribution in [-0.2, 0) is 0 Å². The Balaban J connectivity index is 2.04. The van der Waals surface area contributed by atoms with Gasteiger partial charge in [-0.25, -0.2) is 0 Å². The third-order valence-corrected chi connectivity index (χ3v) is 4.21.